The summed E-state index contributed by atoms with van der Waals surface area (Å²) < 4.78 is 0. The molecule has 1 N–H and O–H groups in total. The van der Waals surface area contributed by atoms with Gasteiger partial charge in [-0.25, -0.2) is 0 Å². The van der Waals surface area contributed by atoms with Crippen LogP contribution in [0, 0.1) is 6.92 Å². The predicted molar refractivity (Wildman–Crippen MR) is 47.6 cm³/mol. The Kier molecular flexibility index (Phi) is 2.23. The molecule has 0 aromatic heterocycles. The van der Waals surface area contributed by atoms with Crippen LogP contribution >= 0.6 is 0 Å². The summed E-state index contributed by atoms with van der Waals surface area (Å²) in [6, 6.07) is 3.58. The van der Waals surface area contributed by atoms with Crippen molar-refractivity contribution in [2.45, 2.75) is 20.3 Å². The van der Waals surface area contributed by atoms with E-state index in [4.69, 9.17) is 7.85 Å². The van der Waals surface area contributed by atoms with Gasteiger partial charge in [-0.3, -0.25) is 0 Å². The van der Waals surface area contributed by atoms with Crippen LogP contribution < -0.4 is 5.46 Å². The first kappa shape index (κ1) is 8.18. The lowest BCUT2D eigenvalue weighted by Crippen LogP contribution is -2.04. The fourth-order valence-corrected chi connectivity index (χ4v) is 1.15. The van der Waals surface area contributed by atoms with E-state index in [2.05, 4.69) is 0 Å². The second kappa shape index (κ2) is 2.99. The first-order valence-corrected chi connectivity index (χ1v) is 3.73. The van der Waals surface area contributed by atoms with Crippen molar-refractivity contribution in [2.24, 2.45) is 0 Å². The molecule has 0 bridgehead atoms. The molecule has 0 fully saturated rings. The van der Waals surface area contributed by atoms with E-state index in [1.54, 1.807) is 6.07 Å². The molecule has 2 heteroatoms. The molecule has 1 aromatic rings. The highest BCUT2D eigenvalue weighted by molar-refractivity contribution is 6.32. The summed E-state index contributed by atoms with van der Waals surface area (Å²) in [7, 11) is 5.59. The molecular formula is C9H11BO. The summed E-state index contributed by atoms with van der Waals surface area (Å²) in [6.45, 7) is 3.85. The Morgan fingerprint density at radius 2 is 2.09 bits per heavy atom. The van der Waals surface area contributed by atoms with Crippen LogP contribution in [0.4, 0.5) is 0 Å². The van der Waals surface area contributed by atoms with Crippen LogP contribution in [0.2, 0.25) is 0 Å². The Morgan fingerprint density at radius 1 is 1.45 bits per heavy atom. The van der Waals surface area contributed by atoms with Gasteiger partial charge in [0.1, 0.15) is 13.6 Å². The smallest absolute Gasteiger partial charge is 0.121 e. The molecule has 0 saturated carbocycles. The molecule has 0 heterocycles. The van der Waals surface area contributed by atoms with Gasteiger partial charge in [0.25, 0.3) is 0 Å². The zero-order valence-electron chi connectivity index (χ0n) is 6.89. The van der Waals surface area contributed by atoms with Crippen molar-refractivity contribution in [1.29, 1.82) is 0 Å². The maximum absolute atomic E-state index is 9.47. The second-order valence-corrected chi connectivity index (χ2v) is 2.70. The number of aromatic hydroxyl groups is 1. The molecule has 11 heavy (non-hydrogen) atoms. The number of hydrogen-bond acceptors (Lipinski definition) is 1. The summed E-state index contributed by atoms with van der Waals surface area (Å²) in [6.07, 6.45) is 0.817. The molecule has 0 aliphatic rings. The lowest BCUT2D eigenvalue weighted by molar-refractivity contribution is 0.465. The zero-order chi connectivity index (χ0) is 8.43. The third-order valence-corrected chi connectivity index (χ3v) is 1.78. The van der Waals surface area contributed by atoms with E-state index in [1.165, 1.54) is 0 Å². The quantitative estimate of drug-likeness (QED) is 0.587. The van der Waals surface area contributed by atoms with E-state index >= 15 is 0 Å². The van der Waals surface area contributed by atoms with Gasteiger partial charge in [0, 0.05) is 0 Å². The first-order valence-electron chi connectivity index (χ1n) is 3.73. The normalized spacial score (nSPS) is 10.0. The third kappa shape index (κ3) is 1.56. The molecule has 0 unspecified atom stereocenters. The largest absolute Gasteiger partial charge is 0.507 e. The number of benzene rings is 1. The topological polar surface area (TPSA) is 20.2 Å². The maximum atomic E-state index is 9.47. The van der Waals surface area contributed by atoms with Crippen molar-refractivity contribution >= 4 is 13.3 Å². The zero-order valence-corrected chi connectivity index (χ0v) is 6.89. The molecule has 1 rings (SSSR count). The van der Waals surface area contributed by atoms with Crippen LogP contribution in [-0.4, -0.2) is 13.0 Å². The fraction of sp³-hybridized carbons (Fsp3) is 0.333. The van der Waals surface area contributed by atoms with Gasteiger partial charge in [-0.05, 0) is 24.5 Å². The van der Waals surface area contributed by atoms with Crippen LogP contribution in [0.1, 0.15) is 18.1 Å². The van der Waals surface area contributed by atoms with Crippen LogP contribution in [0.25, 0.3) is 0 Å². The van der Waals surface area contributed by atoms with Gasteiger partial charge in [-0.1, -0.05) is 24.5 Å². The molecule has 0 saturated heterocycles. The number of phenolic OH excluding ortho intramolecular Hbond substituents is 1. The van der Waals surface area contributed by atoms with Crippen molar-refractivity contribution in [2.75, 3.05) is 0 Å². The Bertz CT molecular complexity index is 269. The summed E-state index contributed by atoms with van der Waals surface area (Å²) in [5.74, 6) is 0.377. The van der Waals surface area contributed by atoms with Gasteiger partial charge in [0.05, 0.1) is 0 Å². The summed E-state index contributed by atoms with van der Waals surface area (Å²) in [5.41, 5.74) is 2.49. The predicted octanol–water partition coefficient (Wildman–Crippen LogP) is 1.06. The lowest BCUT2D eigenvalue weighted by Gasteiger charge is -2.06. The lowest BCUT2D eigenvalue weighted by atomic mass is 9.91. The van der Waals surface area contributed by atoms with Gasteiger partial charge in [0.15, 0.2) is 0 Å². The van der Waals surface area contributed by atoms with E-state index in [0.29, 0.717) is 5.75 Å². The Hall–Kier alpha value is -0.915. The summed E-state index contributed by atoms with van der Waals surface area (Å²) in [5, 5.41) is 9.47. The highest BCUT2D eigenvalue weighted by Gasteiger charge is 2.01. The SMILES string of the molecule is [B]c1cc(C)c(O)c(CC)c1. The van der Waals surface area contributed by atoms with Crippen molar-refractivity contribution in [3.63, 3.8) is 0 Å². The van der Waals surface area contributed by atoms with E-state index in [0.717, 1.165) is 23.0 Å². The van der Waals surface area contributed by atoms with Gasteiger partial charge in [-0.15, -0.1) is 0 Å². The van der Waals surface area contributed by atoms with Crippen LogP contribution in [-0.2, 0) is 6.42 Å². The minimum Gasteiger partial charge on any atom is -0.507 e. The van der Waals surface area contributed by atoms with Gasteiger partial charge in [0.2, 0.25) is 0 Å². The van der Waals surface area contributed by atoms with Crippen LogP contribution in [0.3, 0.4) is 0 Å². The minimum atomic E-state index is 0.377. The average Bonchev–Trinajstić information content (AvgIpc) is 1.96. The van der Waals surface area contributed by atoms with Crippen molar-refractivity contribution in [1.82, 2.24) is 0 Å². The fourth-order valence-electron chi connectivity index (χ4n) is 1.15. The average molecular weight is 146 g/mol. The number of phenols is 1. The van der Waals surface area contributed by atoms with E-state index in [9.17, 15) is 5.11 Å². The molecule has 1 aromatic carbocycles. The summed E-state index contributed by atoms with van der Waals surface area (Å²) in [4.78, 5) is 0. The van der Waals surface area contributed by atoms with Gasteiger partial charge < -0.3 is 5.11 Å². The van der Waals surface area contributed by atoms with E-state index in [1.807, 2.05) is 19.9 Å². The number of aryl methyl sites for hydroxylation is 2. The van der Waals surface area contributed by atoms with Gasteiger partial charge in [-0.2, -0.15) is 0 Å². The van der Waals surface area contributed by atoms with Crippen molar-refractivity contribution < 1.29 is 5.11 Å². The summed E-state index contributed by atoms with van der Waals surface area (Å²) >= 11 is 0. The molecule has 0 atom stereocenters. The molecule has 0 spiro atoms. The van der Waals surface area contributed by atoms with E-state index in [-0.39, 0.29) is 0 Å². The second-order valence-electron chi connectivity index (χ2n) is 2.70. The first-order chi connectivity index (χ1) is 5.15. The van der Waals surface area contributed by atoms with Crippen LogP contribution in [0.15, 0.2) is 12.1 Å². The molecule has 2 radical (unpaired) electrons. The Balaban J connectivity index is 3.24. The third-order valence-electron chi connectivity index (χ3n) is 1.78. The molecular weight excluding hydrogens is 135 g/mol. The number of hydrogen-bond donors (Lipinski definition) is 1. The highest BCUT2D eigenvalue weighted by Crippen LogP contribution is 2.19. The molecule has 0 amide bonds. The number of rotatable bonds is 1. The standard InChI is InChI=1S/C9H11BO/c1-3-7-5-8(10)4-6(2)9(7)11/h4-5,11H,3H2,1-2H3. The van der Waals surface area contributed by atoms with Crippen molar-refractivity contribution in [3.8, 4) is 5.75 Å². The maximum Gasteiger partial charge on any atom is 0.121 e. The molecule has 1 nitrogen and oxygen atoms in total. The molecule has 0 aliphatic heterocycles. The minimum absolute atomic E-state index is 0.377. The Morgan fingerprint density at radius 3 is 2.64 bits per heavy atom. The van der Waals surface area contributed by atoms with Crippen molar-refractivity contribution in [3.05, 3.63) is 23.3 Å². The van der Waals surface area contributed by atoms with Gasteiger partial charge >= 0.3 is 0 Å². The highest BCUT2D eigenvalue weighted by atomic mass is 16.3. The molecule has 0 aliphatic carbocycles. The monoisotopic (exact) mass is 146 g/mol. The van der Waals surface area contributed by atoms with Crippen LogP contribution in [0.5, 0.6) is 5.75 Å². The Labute approximate surface area is 68.5 Å². The van der Waals surface area contributed by atoms with E-state index < -0.39 is 0 Å². The molecule has 56 valence electrons.